The molecule has 86 valence electrons. The SMILES string of the molecule is Nc1onc(-c2c[nH]c3sccc23)c1C(=O)O. The molecule has 0 saturated carbocycles. The van der Waals surface area contributed by atoms with Crippen LogP contribution in [0.5, 0.6) is 0 Å². The summed E-state index contributed by atoms with van der Waals surface area (Å²) in [6, 6.07) is 1.89. The van der Waals surface area contributed by atoms with E-state index in [-0.39, 0.29) is 17.1 Å². The molecule has 0 aliphatic heterocycles. The second-order valence-electron chi connectivity index (χ2n) is 3.44. The number of carboxylic acids is 1. The maximum atomic E-state index is 11.1. The van der Waals surface area contributed by atoms with Gasteiger partial charge < -0.3 is 20.3 Å². The molecular formula is C10H7N3O3S. The zero-order chi connectivity index (χ0) is 12.0. The van der Waals surface area contributed by atoms with Gasteiger partial charge in [0.05, 0.1) is 0 Å². The average molecular weight is 249 g/mol. The number of thiophene rings is 1. The van der Waals surface area contributed by atoms with Gasteiger partial charge >= 0.3 is 5.97 Å². The minimum absolute atomic E-state index is 0.0999. The largest absolute Gasteiger partial charge is 0.477 e. The van der Waals surface area contributed by atoms with Crippen molar-refractivity contribution in [3.8, 4) is 11.3 Å². The first-order valence-corrected chi connectivity index (χ1v) is 5.60. The van der Waals surface area contributed by atoms with Crippen molar-refractivity contribution in [1.82, 2.24) is 10.1 Å². The quantitative estimate of drug-likeness (QED) is 0.645. The lowest BCUT2D eigenvalue weighted by atomic mass is 10.1. The van der Waals surface area contributed by atoms with Crippen LogP contribution in [0.4, 0.5) is 5.88 Å². The Labute approximate surface area is 98.6 Å². The molecule has 0 aromatic carbocycles. The summed E-state index contributed by atoms with van der Waals surface area (Å²) in [5.74, 6) is -1.33. The number of H-pyrrole nitrogens is 1. The van der Waals surface area contributed by atoms with E-state index in [1.807, 2.05) is 11.4 Å². The first-order valence-electron chi connectivity index (χ1n) is 4.72. The van der Waals surface area contributed by atoms with Crippen molar-refractivity contribution in [3.63, 3.8) is 0 Å². The molecule has 0 atom stereocenters. The molecule has 0 saturated heterocycles. The maximum absolute atomic E-state index is 11.1. The van der Waals surface area contributed by atoms with Crippen LogP contribution >= 0.6 is 11.3 Å². The first kappa shape index (κ1) is 9.91. The number of hydrogen-bond acceptors (Lipinski definition) is 5. The van der Waals surface area contributed by atoms with Gasteiger partial charge in [0.1, 0.15) is 10.5 Å². The highest BCUT2D eigenvalue weighted by molar-refractivity contribution is 7.16. The summed E-state index contributed by atoms with van der Waals surface area (Å²) in [5, 5.41) is 15.6. The maximum Gasteiger partial charge on any atom is 0.343 e. The van der Waals surface area contributed by atoms with Crippen LogP contribution in [-0.2, 0) is 0 Å². The zero-order valence-electron chi connectivity index (χ0n) is 8.43. The Kier molecular flexibility index (Phi) is 1.96. The van der Waals surface area contributed by atoms with Gasteiger partial charge in [-0.2, -0.15) is 0 Å². The van der Waals surface area contributed by atoms with Crippen molar-refractivity contribution in [2.45, 2.75) is 0 Å². The van der Waals surface area contributed by atoms with E-state index in [4.69, 9.17) is 15.4 Å². The number of anilines is 1. The van der Waals surface area contributed by atoms with E-state index in [2.05, 4.69) is 10.1 Å². The third kappa shape index (κ3) is 1.32. The fourth-order valence-corrected chi connectivity index (χ4v) is 2.51. The second kappa shape index (κ2) is 3.36. The van der Waals surface area contributed by atoms with Gasteiger partial charge in [-0.1, -0.05) is 5.16 Å². The van der Waals surface area contributed by atoms with E-state index in [1.54, 1.807) is 6.20 Å². The number of aromatic amines is 1. The van der Waals surface area contributed by atoms with Gasteiger partial charge in [-0.15, -0.1) is 11.3 Å². The number of fused-ring (bicyclic) bond motifs is 1. The third-order valence-corrected chi connectivity index (χ3v) is 3.34. The Morgan fingerprint density at radius 3 is 3.18 bits per heavy atom. The second-order valence-corrected chi connectivity index (χ2v) is 4.36. The zero-order valence-corrected chi connectivity index (χ0v) is 9.25. The van der Waals surface area contributed by atoms with E-state index >= 15 is 0 Å². The number of aromatic carboxylic acids is 1. The molecule has 6 nitrogen and oxygen atoms in total. The van der Waals surface area contributed by atoms with Crippen molar-refractivity contribution in [1.29, 1.82) is 0 Å². The molecule has 3 rings (SSSR count). The van der Waals surface area contributed by atoms with Crippen molar-refractivity contribution >= 4 is 33.4 Å². The summed E-state index contributed by atoms with van der Waals surface area (Å²) in [5.41, 5.74) is 6.28. The number of nitrogen functional groups attached to an aromatic ring is 1. The van der Waals surface area contributed by atoms with Crippen LogP contribution in [0.1, 0.15) is 10.4 Å². The lowest BCUT2D eigenvalue weighted by Crippen LogP contribution is -2.00. The van der Waals surface area contributed by atoms with Crippen LogP contribution < -0.4 is 5.73 Å². The van der Waals surface area contributed by atoms with Crippen molar-refractivity contribution in [3.05, 3.63) is 23.2 Å². The number of carbonyl (C=O) groups is 1. The van der Waals surface area contributed by atoms with Gasteiger partial charge in [-0.05, 0) is 11.4 Å². The number of nitrogens with one attached hydrogen (secondary N) is 1. The van der Waals surface area contributed by atoms with Crippen LogP contribution in [0.15, 0.2) is 22.2 Å². The molecule has 3 aromatic rings. The minimum Gasteiger partial charge on any atom is -0.477 e. The van der Waals surface area contributed by atoms with E-state index in [9.17, 15) is 4.79 Å². The average Bonchev–Trinajstić information content (AvgIpc) is 2.90. The fourth-order valence-electron chi connectivity index (χ4n) is 1.74. The number of nitrogens with zero attached hydrogens (tertiary/aromatic N) is 1. The highest BCUT2D eigenvalue weighted by Crippen LogP contribution is 2.34. The molecule has 0 fully saturated rings. The summed E-state index contributed by atoms with van der Waals surface area (Å²) < 4.78 is 4.74. The van der Waals surface area contributed by atoms with E-state index < -0.39 is 5.97 Å². The van der Waals surface area contributed by atoms with Gasteiger partial charge in [0.2, 0.25) is 5.88 Å². The fraction of sp³-hybridized carbons (Fsp3) is 0. The molecule has 7 heteroatoms. The molecular weight excluding hydrogens is 242 g/mol. The van der Waals surface area contributed by atoms with Crippen molar-refractivity contribution < 1.29 is 14.4 Å². The van der Waals surface area contributed by atoms with Crippen LogP contribution in [0, 0.1) is 0 Å². The number of hydrogen-bond donors (Lipinski definition) is 3. The molecule has 0 amide bonds. The summed E-state index contributed by atoms with van der Waals surface area (Å²) in [4.78, 5) is 15.1. The van der Waals surface area contributed by atoms with Crippen LogP contribution in [0.2, 0.25) is 0 Å². The smallest absolute Gasteiger partial charge is 0.343 e. The Hall–Kier alpha value is -2.28. The van der Waals surface area contributed by atoms with Crippen molar-refractivity contribution in [2.24, 2.45) is 0 Å². The molecule has 4 N–H and O–H groups in total. The molecule has 0 bridgehead atoms. The molecule has 0 spiro atoms. The standard InChI is InChI=1S/C10H7N3O3S/c11-8-6(10(14)15)7(13-16-8)5-3-12-9-4(5)1-2-17-9/h1-3,12H,11H2,(H,14,15). The molecule has 17 heavy (non-hydrogen) atoms. The lowest BCUT2D eigenvalue weighted by molar-refractivity contribution is 0.0698. The minimum atomic E-state index is -1.15. The number of nitrogens with two attached hydrogens (primary N) is 1. The van der Waals surface area contributed by atoms with Gasteiger partial charge in [-0.3, -0.25) is 0 Å². The lowest BCUT2D eigenvalue weighted by Gasteiger charge is -1.93. The molecule has 3 aromatic heterocycles. The highest BCUT2D eigenvalue weighted by Gasteiger charge is 2.23. The highest BCUT2D eigenvalue weighted by atomic mass is 32.1. The van der Waals surface area contributed by atoms with Crippen LogP contribution in [0.25, 0.3) is 21.5 Å². The van der Waals surface area contributed by atoms with E-state index in [0.717, 1.165) is 10.2 Å². The number of rotatable bonds is 2. The Bertz CT molecular complexity index is 709. The van der Waals surface area contributed by atoms with E-state index in [0.29, 0.717) is 5.56 Å². The predicted molar refractivity (Wildman–Crippen MR) is 63.0 cm³/mol. The van der Waals surface area contributed by atoms with Gasteiger partial charge in [-0.25, -0.2) is 4.79 Å². The first-order chi connectivity index (χ1) is 8.18. The molecule has 0 radical (unpaired) electrons. The van der Waals surface area contributed by atoms with Crippen molar-refractivity contribution in [2.75, 3.05) is 5.73 Å². The third-order valence-electron chi connectivity index (χ3n) is 2.49. The summed E-state index contributed by atoms with van der Waals surface area (Å²) in [6.07, 6.45) is 1.70. The Balaban J connectivity index is 2.30. The Morgan fingerprint density at radius 1 is 1.59 bits per heavy atom. The molecule has 0 aliphatic carbocycles. The summed E-state index contributed by atoms with van der Waals surface area (Å²) >= 11 is 1.53. The topological polar surface area (TPSA) is 105 Å². The van der Waals surface area contributed by atoms with Crippen LogP contribution in [0.3, 0.4) is 0 Å². The molecule has 0 aliphatic rings. The van der Waals surface area contributed by atoms with Crippen LogP contribution in [-0.4, -0.2) is 21.2 Å². The monoisotopic (exact) mass is 249 g/mol. The summed E-state index contributed by atoms with van der Waals surface area (Å²) in [6.45, 7) is 0. The number of carboxylic acid groups (broad SMARTS) is 1. The van der Waals surface area contributed by atoms with Gasteiger partial charge in [0, 0.05) is 17.1 Å². The summed E-state index contributed by atoms with van der Waals surface area (Å²) in [7, 11) is 0. The normalized spacial score (nSPS) is 11.1. The number of aromatic nitrogens is 2. The van der Waals surface area contributed by atoms with E-state index in [1.165, 1.54) is 11.3 Å². The molecule has 0 unspecified atom stereocenters. The van der Waals surface area contributed by atoms with Gasteiger partial charge in [0.15, 0.2) is 5.56 Å². The Morgan fingerprint density at radius 2 is 2.41 bits per heavy atom. The predicted octanol–water partition coefficient (Wildman–Crippen LogP) is 2.16. The molecule has 3 heterocycles. The van der Waals surface area contributed by atoms with Gasteiger partial charge in [0.25, 0.3) is 0 Å².